The van der Waals surface area contributed by atoms with Crippen LogP contribution in [-0.2, 0) is 6.54 Å². The van der Waals surface area contributed by atoms with Gasteiger partial charge in [-0.15, -0.1) is 0 Å². The van der Waals surface area contributed by atoms with Crippen molar-refractivity contribution >= 4 is 5.95 Å². The van der Waals surface area contributed by atoms with Crippen LogP contribution in [-0.4, -0.2) is 41.3 Å². The summed E-state index contributed by atoms with van der Waals surface area (Å²) in [6, 6.07) is 13.3. The van der Waals surface area contributed by atoms with Crippen LogP contribution in [0.4, 0.5) is 5.95 Å². The molecule has 4 rings (SSSR count). The summed E-state index contributed by atoms with van der Waals surface area (Å²) in [6.45, 7) is 0.496. The van der Waals surface area contributed by atoms with Crippen LogP contribution in [0, 0.1) is 0 Å². The molecule has 0 radical (unpaired) electrons. The largest absolute Gasteiger partial charge is 0.496 e. The van der Waals surface area contributed by atoms with Crippen LogP contribution in [0.5, 0.6) is 17.6 Å². The molecule has 0 bridgehead atoms. The molecule has 0 aliphatic carbocycles. The number of para-hydroxylation sites is 1. The van der Waals surface area contributed by atoms with Crippen LogP contribution in [0.25, 0.3) is 22.7 Å². The zero-order chi connectivity index (χ0) is 21.6. The molecule has 0 unspecified atom stereocenters. The van der Waals surface area contributed by atoms with Crippen molar-refractivity contribution in [2.75, 3.05) is 26.6 Å². The molecule has 0 atom stereocenters. The molecular weight excluding hydrogens is 398 g/mol. The number of anilines is 1. The van der Waals surface area contributed by atoms with Crippen LogP contribution in [0.15, 0.2) is 59.3 Å². The van der Waals surface area contributed by atoms with Crippen molar-refractivity contribution in [1.29, 1.82) is 0 Å². The van der Waals surface area contributed by atoms with E-state index in [4.69, 9.17) is 18.6 Å². The summed E-state index contributed by atoms with van der Waals surface area (Å²) >= 11 is 0. The van der Waals surface area contributed by atoms with Gasteiger partial charge in [0.25, 0.3) is 0 Å². The summed E-state index contributed by atoms with van der Waals surface area (Å²) < 4.78 is 21.5. The number of nitrogens with zero attached hydrogens (tertiary/aromatic N) is 4. The van der Waals surface area contributed by atoms with Crippen LogP contribution in [0.1, 0.15) is 5.56 Å². The Morgan fingerprint density at radius 2 is 1.81 bits per heavy atom. The molecule has 9 heteroatoms. The first-order valence-electron chi connectivity index (χ1n) is 9.46. The molecule has 3 heterocycles. The zero-order valence-corrected chi connectivity index (χ0v) is 17.3. The van der Waals surface area contributed by atoms with Crippen molar-refractivity contribution in [2.24, 2.45) is 0 Å². The van der Waals surface area contributed by atoms with E-state index in [0.717, 1.165) is 11.3 Å². The van der Waals surface area contributed by atoms with Crippen LogP contribution in [0.3, 0.4) is 0 Å². The lowest BCUT2D eigenvalue weighted by Crippen LogP contribution is -2.06. The van der Waals surface area contributed by atoms with E-state index in [0.29, 0.717) is 41.1 Å². The highest BCUT2D eigenvalue weighted by Gasteiger charge is 2.17. The minimum absolute atomic E-state index is 0.179. The predicted octanol–water partition coefficient (Wildman–Crippen LogP) is 3.83. The van der Waals surface area contributed by atoms with Gasteiger partial charge in [0.2, 0.25) is 11.8 Å². The van der Waals surface area contributed by atoms with Gasteiger partial charge >= 0.3 is 6.01 Å². The molecular formula is C22H21N5O4. The number of furan rings is 1. The fourth-order valence-corrected chi connectivity index (χ4v) is 3.02. The molecule has 31 heavy (non-hydrogen) atoms. The van der Waals surface area contributed by atoms with Crippen molar-refractivity contribution in [2.45, 2.75) is 6.54 Å². The molecule has 158 valence electrons. The van der Waals surface area contributed by atoms with E-state index in [1.807, 2.05) is 30.3 Å². The number of ether oxygens (including phenoxy) is 3. The molecule has 0 saturated carbocycles. The third kappa shape index (κ3) is 4.40. The molecule has 0 aliphatic rings. The summed E-state index contributed by atoms with van der Waals surface area (Å²) in [5, 5.41) is 3.24. The SMILES string of the molecule is COc1cc(-c2cnc(NCc3ccccc3OC)nc2-c2ccco2)nc(OC)n1. The zero-order valence-electron chi connectivity index (χ0n) is 17.3. The van der Waals surface area contributed by atoms with Gasteiger partial charge in [-0.05, 0) is 18.2 Å². The van der Waals surface area contributed by atoms with E-state index < -0.39 is 0 Å². The summed E-state index contributed by atoms with van der Waals surface area (Å²) in [5.41, 5.74) is 2.76. The molecule has 0 aliphatic heterocycles. The van der Waals surface area contributed by atoms with Crippen LogP contribution in [0.2, 0.25) is 0 Å². The van der Waals surface area contributed by atoms with Crippen molar-refractivity contribution in [3.05, 3.63) is 60.5 Å². The first-order chi connectivity index (χ1) is 15.2. The van der Waals surface area contributed by atoms with Gasteiger partial charge in [0.05, 0.1) is 33.3 Å². The van der Waals surface area contributed by atoms with E-state index in [1.165, 1.54) is 14.2 Å². The first-order valence-corrected chi connectivity index (χ1v) is 9.46. The van der Waals surface area contributed by atoms with Crippen LogP contribution >= 0.6 is 0 Å². The summed E-state index contributed by atoms with van der Waals surface area (Å²) in [6.07, 6.45) is 3.26. The Morgan fingerprint density at radius 1 is 0.935 bits per heavy atom. The monoisotopic (exact) mass is 419 g/mol. The van der Waals surface area contributed by atoms with Crippen molar-refractivity contribution in [1.82, 2.24) is 19.9 Å². The van der Waals surface area contributed by atoms with Crippen LogP contribution < -0.4 is 19.5 Å². The maximum absolute atomic E-state index is 5.61. The summed E-state index contributed by atoms with van der Waals surface area (Å²) in [7, 11) is 4.66. The molecule has 4 aromatic rings. The van der Waals surface area contributed by atoms with Gasteiger partial charge in [-0.3, -0.25) is 0 Å². The highest BCUT2D eigenvalue weighted by atomic mass is 16.5. The molecule has 0 amide bonds. The standard InChI is InChI=1S/C22H21N5O4/c1-28-17-8-5-4-7-14(17)12-23-21-24-13-15(20(27-21)18-9-6-10-31-18)16-11-19(29-2)26-22(25-16)30-3/h4-11,13H,12H2,1-3H3,(H,23,24,27). The smallest absolute Gasteiger partial charge is 0.320 e. The molecule has 3 aromatic heterocycles. The van der Waals surface area contributed by atoms with E-state index >= 15 is 0 Å². The average Bonchev–Trinajstić information content (AvgIpc) is 3.37. The quantitative estimate of drug-likeness (QED) is 0.456. The second kappa shape index (κ2) is 9.12. The fraction of sp³-hybridized carbons (Fsp3) is 0.182. The molecule has 0 saturated heterocycles. The highest BCUT2D eigenvalue weighted by molar-refractivity contribution is 5.77. The Balaban J connectivity index is 1.71. The van der Waals surface area contributed by atoms with Gasteiger partial charge < -0.3 is 23.9 Å². The van der Waals surface area contributed by atoms with Gasteiger partial charge in [0.15, 0.2) is 5.76 Å². The third-order valence-electron chi connectivity index (χ3n) is 4.52. The molecule has 1 aromatic carbocycles. The van der Waals surface area contributed by atoms with Gasteiger partial charge in [0, 0.05) is 29.9 Å². The Kier molecular flexibility index (Phi) is 5.93. The summed E-state index contributed by atoms with van der Waals surface area (Å²) in [5.74, 6) is 2.17. The number of nitrogens with one attached hydrogen (secondary N) is 1. The number of aromatic nitrogens is 4. The second-order valence-corrected chi connectivity index (χ2v) is 6.38. The molecule has 1 N–H and O–H groups in total. The number of methoxy groups -OCH3 is 3. The minimum Gasteiger partial charge on any atom is -0.496 e. The molecule has 9 nitrogen and oxygen atoms in total. The third-order valence-corrected chi connectivity index (χ3v) is 4.52. The van der Waals surface area contributed by atoms with E-state index in [1.54, 1.807) is 31.7 Å². The van der Waals surface area contributed by atoms with Crippen molar-refractivity contribution in [3.8, 4) is 40.4 Å². The van der Waals surface area contributed by atoms with Gasteiger partial charge in [0.1, 0.15) is 11.4 Å². The Labute approximate surface area is 179 Å². The number of benzene rings is 1. The summed E-state index contributed by atoms with van der Waals surface area (Å²) in [4.78, 5) is 17.7. The number of rotatable bonds is 8. The Hall–Kier alpha value is -4.14. The highest BCUT2D eigenvalue weighted by Crippen LogP contribution is 2.32. The van der Waals surface area contributed by atoms with E-state index in [-0.39, 0.29) is 6.01 Å². The first kappa shape index (κ1) is 20.1. The fourth-order valence-electron chi connectivity index (χ4n) is 3.02. The average molecular weight is 419 g/mol. The van der Waals surface area contributed by atoms with Gasteiger partial charge in [-0.1, -0.05) is 18.2 Å². The van der Waals surface area contributed by atoms with Gasteiger partial charge in [-0.25, -0.2) is 9.97 Å². The minimum atomic E-state index is 0.179. The second-order valence-electron chi connectivity index (χ2n) is 6.38. The number of hydrogen-bond donors (Lipinski definition) is 1. The predicted molar refractivity (Wildman–Crippen MR) is 114 cm³/mol. The Bertz CT molecular complexity index is 1140. The van der Waals surface area contributed by atoms with Crippen molar-refractivity contribution in [3.63, 3.8) is 0 Å². The van der Waals surface area contributed by atoms with E-state index in [2.05, 4.69) is 25.3 Å². The maximum Gasteiger partial charge on any atom is 0.320 e. The molecule has 0 fully saturated rings. The lowest BCUT2D eigenvalue weighted by Gasteiger charge is -2.12. The molecule has 0 spiro atoms. The Morgan fingerprint density at radius 3 is 2.55 bits per heavy atom. The van der Waals surface area contributed by atoms with E-state index in [9.17, 15) is 0 Å². The lowest BCUT2D eigenvalue weighted by atomic mass is 10.1. The topological polar surface area (TPSA) is 104 Å². The van der Waals surface area contributed by atoms with Crippen molar-refractivity contribution < 1.29 is 18.6 Å². The lowest BCUT2D eigenvalue weighted by molar-refractivity contribution is 0.352. The van der Waals surface area contributed by atoms with Gasteiger partial charge in [-0.2, -0.15) is 9.97 Å². The maximum atomic E-state index is 5.61. The number of hydrogen-bond acceptors (Lipinski definition) is 9. The normalized spacial score (nSPS) is 10.5.